The molecule has 0 spiro atoms. The lowest BCUT2D eigenvalue weighted by Crippen LogP contribution is -2.44. The number of benzene rings is 2. The molecule has 0 aliphatic carbocycles. The molecule has 9 heteroatoms. The van der Waals surface area contributed by atoms with E-state index in [0.717, 1.165) is 15.0 Å². The van der Waals surface area contributed by atoms with Crippen LogP contribution in [0.15, 0.2) is 70.5 Å². The van der Waals surface area contributed by atoms with Crippen molar-refractivity contribution in [2.75, 3.05) is 6.54 Å². The van der Waals surface area contributed by atoms with E-state index in [1.165, 1.54) is 4.57 Å². The summed E-state index contributed by atoms with van der Waals surface area (Å²) in [4.78, 5) is 57.5. The molecule has 2 amide bonds. The fourth-order valence-electron chi connectivity index (χ4n) is 4.23. The van der Waals surface area contributed by atoms with Gasteiger partial charge in [0.15, 0.2) is 11.2 Å². The minimum atomic E-state index is -0.533. The second kappa shape index (κ2) is 8.01. The standard InChI is InChI=1S/C24H21N5O4/c1-2-26-15-25-20-19(26)23(32)28(24(33)29(20)14-16-8-4-3-5-9-16)13-12-27-21(30)17-10-6-7-11-18(17)22(27)31/h3-11,15H,2,12-14H2,1H3. The maximum Gasteiger partial charge on any atom is 0.333 e. The van der Waals surface area contributed by atoms with E-state index in [9.17, 15) is 19.2 Å². The molecule has 0 N–H and O–H groups in total. The smallest absolute Gasteiger partial charge is 0.325 e. The van der Waals surface area contributed by atoms with Crippen molar-refractivity contribution in [2.45, 2.75) is 26.6 Å². The Morgan fingerprint density at radius 2 is 1.42 bits per heavy atom. The van der Waals surface area contributed by atoms with Crippen LogP contribution in [0.2, 0.25) is 0 Å². The Kier molecular flexibility index (Phi) is 5.01. The van der Waals surface area contributed by atoms with Crippen LogP contribution < -0.4 is 11.2 Å². The van der Waals surface area contributed by atoms with Gasteiger partial charge < -0.3 is 4.57 Å². The monoisotopic (exact) mass is 443 g/mol. The highest BCUT2D eigenvalue weighted by molar-refractivity contribution is 6.21. The van der Waals surface area contributed by atoms with E-state index < -0.39 is 23.1 Å². The third-order valence-electron chi connectivity index (χ3n) is 5.93. The number of hydrogen-bond acceptors (Lipinski definition) is 5. The lowest BCUT2D eigenvalue weighted by atomic mass is 10.1. The molecular formula is C24H21N5O4. The third kappa shape index (κ3) is 3.29. The number of aryl methyl sites for hydroxylation is 1. The Morgan fingerprint density at radius 3 is 2.06 bits per heavy atom. The van der Waals surface area contributed by atoms with Gasteiger partial charge in [-0.2, -0.15) is 0 Å². The molecule has 1 aliphatic rings. The zero-order valence-electron chi connectivity index (χ0n) is 18.0. The second-order valence-corrected chi connectivity index (χ2v) is 7.82. The summed E-state index contributed by atoms with van der Waals surface area (Å²) in [7, 11) is 0. The summed E-state index contributed by atoms with van der Waals surface area (Å²) in [5, 5.41) is 0. The van der Waals surface area contributed by atoms with Crippen LogP contribution in [0.3, 0.4) is 0 Å². The van der Waals surface area contributed by atoms with Crippen LogP contribution in [0.1, 0.15) is 33.2 Å². The minimum absolute atomic E-state index is 0.0847. The molecule has 2 aromatic carbocycles. The molecule has 0 unspecified atom stereocenters. The van der Waals surface area contributed by atoms with Gasteiger partial charge in [-0.05, 0) is 24.6 Å². The summed E-state index contributed by atoms with van der Waals surface area (Å²) in [6.07, 6.45) is 1.54. The summed E-state index contributed by atoms with van der Waals surface area (Å²) in [6, 6.07) is 16.0. The average molecular weight is 443 g/mol. The van der Waals surface area contributed by atoms with Crippen LogP contribution in [0.4, 0.5) is 0 Å². The summed E-state index contributed by atoms with van der Waals surface area (Å²) < 4.78 is 4.24. The van der Waals surface area contributed by atoms with E-state index in [1.54, 1.807) is 35.2 Å². The molecule has 5 rings (SSSR count). The maximum absolute atomic E-state index is 13.4. The molecule has 2 aromatic heterocycles. The number of nitrogens with zero attached hydrogens (tertiary/aromatic N) is 5. The highest BCUT2D eigenvalue weighted by Crippen LogP contribution is 2.22. The molecule has 0 atom stereocenters. The Balaban J connectivity index is 1.56. The highest BCUT2D eigenvalue weighted by atomic mass is 16.2. The van der Waals surface area contributed by atoms with Crippen molar-refractivity contribution in [3.8, 4) is 0 Å². The molecule has 0 saturated carbocycles. The molecule has 9 nitrogen and oxygen atoms in total. The van der Waals surface area contributed by atoms with Crippen molar-refractivity contribution >= 4 is 23.0 Å². The molecule has 0 saturated heterocycles. The lowest BCUT2D eigenvalue weighted by Gasteiger charge is -2.16. The van der Waals surface area contributed by atoms with Crippen molar-refractivity contribution in [1.29, 1.82) is 0 Å². The fraction of sp³-hybridized carbons (Fsp3) is 0.208. The molecular weight excluding hydrogens is 422 g/mol. The molecule has 33 heavy (non-hydrogen) atoms. The van der Waals surface area contributed by atoms with Crippen LogP contribution >= 0.6 is 0 Å². The normalized spacial score (nSPS) is 13.2. The Bertz CT molecular complexity index is 1480. The molecule has 0 fully saturated rings. The quantitative estimate of drug-likeness (QED) is 0.423. The fourth-order valence-corrected chi connectivity index (χ4v) is 4.23. The van der Waals surface area contributed by atoms with Crippen LogP contribution in [0.5, 0.6) is 0 Å². The SMILES string of the molecule is CCn1cnc2c1c(=O)n(CCN1C(=O)c3ccccc3C1=O)c(=O)n2Cc1ccccc1. The van der Waals surface area contributed by atoms with Crippen molar-refractivity contribution < 1.29 is 9.59 Å². The van der Waals surface area contributed by atoms with Crippen LogP contribution in [0, 0.1) is 0 Å². The van der Waals surface area contributed by atoms with Crippen LogP contribution in [-0.2, 0) is 19.6 Å². The third-order valence-corrected chi connectivity index (χ3v) is 5.93. The van der Waals surface area contributed by atoms with Crippen molar-refractivity contribution in [2.24, 2.45) is 0 Å². The molecule has 1 aliphatic heterocycles. The van der Waals surface area contributed by atoms with E-state index in [1.807, 2.05) is 37.3 Å². The molecule has 3 heterocycles. The van der Waals surface area contributed by atoms with Crippen LogP contribution in [-0.4, -0.2) is 41.9 Å². The summed E-state index contributed by atoms with van der Waals surface area (Å²) in [5.41, 5.74) is 1.15. The summed E-state index contributed by atoms with van der Waals surface area (Å²) in [5.74, 6) is -0.846. The number of hydrogen-bond donors (Lipinski definition) is 0. The van der Waals surface area contributed by atoms with Gasteiger partial charge in [-0.25, -0.2) is 9.78 Å². The van der Waals surface area contributed by atoms with Gasteiger partial charge in [-0.1, -0.05) is 42.5 Å². The van der Waals surface area contributed by atoms with Crippen molar-refractivity contribution in [3.63, 3.8) is 0 Å². The Hall–Kier alpha value is -4.27. The lowest BCUT2D eigenvalue weighted by molar-refractivity contribution is 0.0648. The number of carbonyl (C=O) groups excluding carboxylic acids is 2. The van der Waals surface area contributed by atoms with Gasteiger partial charge in [0.05, 0.1) is 24.0 Å². The van der Waals surface area contributed by atoms with Gasteiger partial charge in [-0.3, -0.25) is 28.4 Å². The summed E-state index contributed by atoms with van der Waals surface area (Å²) >= 11 is 0. The van der Waals surface area contributed by atoms with E-state index in [-0.39, 0.29) is 19.6 Å². The van der Waals surface area contributed by atoms with Crippen molar-refractivity contribution in [3.05, 3.63) is 98.5 Å². The minimum Gasteiger partial charge on any atom is -0.325 e. The predicted molar refractivity (Wildman–Crippen MR) is 121 cm³/mol. The number of imidazole rings is 1. The van der Waals surface area contributed by atoms with E-state index >= 15 is 0 Å². The zero-order chi connectivity index (χ0) is 23.1. The van der Waals surface area contributed by atoms with Gasteiger partial charge in [0.25, 0.3) is 17.4 Å². The second-order valence-electron chi connectivity index (χ2n) is 7.82. The number of rotatable bonds is 6. The largest absolute Gasteiger partial charge is 0.333 e. The van der Waals surface area contributed by atoms with E-state index in [0.29, 0.717) is 28.8 Å². The first kappa shape index (κ1) is 20.6. The zero-order valence-corrected chi connectivity index (χ0v) is 18.0. The number of amides is 2. The van der Waals surface area contributed by atoms with Gasteiger partial charge in [0, 0.05) is 19.6 Å². The Labute approximate surface area is 188 Å². The van der Waals surface area contributed by atoms with E-state index in [4.69, 9.17) is 0 Å². The molecule has 0 radical (unpaired) electrons. The van der Waals surface area contributed by atoms with Crippen molar-refractivity contribution in [1.82, 2.24) is 23.6 Å². The predicted octanol–water partition coefficient (Wildman–Crippen LogP) is 1.72. The average Bonchev–Trinajstić information content (AvgIpc) is 3.37. The first-order chi connectivity index (χ1) is 16.0. The molecule has 0 bridgehead atoms. The van der Waals surface area contributed by atoms with Gasteiger partial charge in [-0.15, -0.1) is 0 Å². The number of carbonyl (C=O) groups is 2. The first-order valence-corrected chi connectivity index (χ1v) is 10.7. The maximum atomic E-state index is 13.4. The topological polar surface area (TPSA) is 99.2 Å². The van der Waals surface area contributed by atoms with Gasteiger partial charge >= 0.3 is 5.69 Å². The molecule has 4 aromatic rings. The number of aromatic nitrogens is 4. The van der Waals surface area contributed by atoms with Crippen LogP contribution in [0.25, 0.3) is 11.2 Å². The Morgan fingerprint density at radius 1 is 0.788 bits per heavy atom. The summed E-state index contributed by atoms with van der Waals surface area (Å²) in [6.45, 7) is 2.44. The highest BCUT2D eigenvalue weighted by Gasteiger charge is 2.35. The number of imide groups is 1. The van der Waals surface area contributed by atoms with Gasteiger partial charge in [0.1, 0.15) is 0 Å². The molecule has 166 valence electrons. The number of fused-ring (bicyclic) bond motifs is 2. The van der Waals surface area contributed by atoms with Gasteiger partial charge in [0.2, 0.25) is 0 Å². The van der Waals surface area contributed by atoms with E-state index in [2.05, 4.69) is 4.98 Å². The first-order valence-electron chi connectivity index (χ1n) is 10.7.